The number of tetrazole rings is 1. The Morgan fingerprint density at radius 2 is 1.91 bits per heavy atom. The fourth-order valence-electron chi connectivity index (χ4n) is 3.48. The zero-order chi connectivity index (χ0) is 25.4. The minimum Gasteiger partial charge on any atom is -0.391 e. The van der Waals surface area contributed by atoms with Crippen LogP contribution in [0.4, 0.5) is 17.6 Å². The van der Waals surface area contributed by atoms with Crippen LogP contribution in [0.5, 0.6) is 0 Å². The smallest absolute Gasteiger partial charge is 0.350 e. The Kier molecular flexibility index (Phi) is 6.21. The molecule has 0 aliphatic heterocycles. The highest BCUT2D eigenvalue weighted by Gasteiger charge is 2.58. The van der Waals surface area contributed by atoms with Gasteiger partial charge in [0.2, 0.25) is 0 Å². The molecule has 0 bridgehead atoms. The second-order valence-electron chi connectivity index (χ2n) is 7.78. The molecule has 1 aromatic carbocycles. The second-order valence-corrected chi connectivity index (χ2v) is 7.78. The van der Waals surface area contributed by atoms with E-state index < -0.39 is 52.8 Å². The van der Waals surface area contributed by atoms with E-state index in [1.165, 1.54) is 6.92 Å². The lowest BCUT2D eigenvalue weighted by Crippen LogP contribution is -2.48. The molecule has 0 aliphatic rings. The average Bonchev–Trinajstić information content (AvgIpc) is 3.43. The molecule has 11 nitrogen and oxygen atoms in total. The SMILES string of the molecule is CC(O)Cn1ncn(-c2ccc(C(F)(F)C(O)(Cn3cnnn3)c3ccc(F)cc3F)nc2)c1=O. The molecule has 0 radical (unpaired) electrons. The predicted molar refractivity (Wildman–Crippen MR) is 109 cm³/mol. The summed E-state index contributed by atoms with van der Waals surface area (Å²) in [5.41, 5.74) is -5.72. The number of aliphatic hydroxyl groups excluding tert-OH is 1. The number of hydrogen-bond acceptors (Lipinski definition) is 8. The first-order valence-corrected chi connectivity index (χ1v) is 10.1. The number of hydrogen-bond donors (Lipinski definition) is 2. The maximum Gasteiger partial charge on any atom is 0.350 e. The van der Waals surface area contributed by atoms with E-state index >= 15 is 8.78 Å². The van der Waals surface area contributed by atoms with Crippen LogP contribution in [0.25, 0.3) is 5.69 Å². The molecule has 35 heavy (non-hydrogen) atoms. The highest BCUT2D eigenvalue weighted by atomic mass is 19.3. The van der Waals surface area contributed by atoms with Crippen molar-refractivity contribution in [3.63, 3.8) is 0 Å². The summed E-state index contributed by atoms with van der Waals surface area (Å²) in [4.78, 5) is 16.1. The highest BCUT2D eigenvalue weighted by molar-refractivity contribution is 5.34. The summed E-state index contributed by atoms with van der Waals surface area (Å²) in [6, 6.07) is 3.77. The quantitative estimate of drug-likeness (QED) is 0.343. The lowest BCUT2D eigenvalue weighted by molar-refractivity contribution is -0.207. The molecule has 4 rings (SSSR count). The van der Waals surface area contributed by atoms with Crippen LogP contribution in [0.15, 0.2) is 54.0 Å². The molecule has 4 aromatic rings. The highest BCUT2D eigenvalue weighted by Crippen LogP contribution is 2.46. The lowest BCUT2D eigenvalue weighted by atomic mass is 9.84. The number of rotatable bonds is 8. The Morgan fingerprint density at radius 1 is 1.14 bits per heavy atom. The molecule has 15 heteroatoms. The summed E-state index contributed by atoms with van der Waals surface area (Å²) >= 11 is 0. The van der Waals surface area contributed by atoms with E-state index in [-0.39, 0.29) is 12.2 Å². The molecule has 0 saturated carbocycles. The van der Waals surface area contributed by atoms with Gasteiger partial charge in [-0.25, -0.2) is 27.5 Å². The van der Waals surface area contributed by atoms with Crippen LogP contribution >= 0.6 is 0 Å². The van der Waals surface area contributed by atoms with Crippen molar-refractivity contribution in [2.45, 2.75) is 37.6 Å². The summed E-state index contributed by atoms with van der Waals surface area (Å²) in [5, 5.41) is 34.5. The normalized spacial score (nSPS) is 14.6. The van der Waals surface area contributed by atoms with E-state index in [2.05, 4.69) is 25.6 Å². The van der Waals surface area contributed by atoms with Crippen LogP contribution < -0.4 is 5.69 Å². The third-order valence-electron chi connectivity index (χ3n) is 5.20. The Labute approximate surface area is 193 Å². The number of benzene rings is 1. The average molecular weight is 494 g/mol. The molecule has 3 heterocycles. The summed E-state index contributed by atoms with van der Waals surface area (Å²) < 4.78 is 62.3. The van der Waals surface area contributed by atoms with Gasteiger partial charge in [0.25, 0.3) is 0 Å². The van der Waals surface area contributed by atoms with Gasteiger partial charge in [-0.15, -0.1) is 5.10 Å². The van der Waals surface area contributed by atoms with E-state index in [0.717, 1.165) is 51.0 Å². The van der Waals surface area contributed by atoms with Crippen LogP contribution in [-0.2, 0) is 24.6 Å². The summed E-state index contributed by atoms with van der Waals surface area (Å²) in [6.45, 7) is 0.387. The van der Waals surface area contributed by atoms with Gasteiger partial charge in [0, 0.05) is 11.6 Å². The van der Waals surface area contributed by atoms with E-state index in [1.54, 1.807) is 0 Å². The zero-order valence-corrected chi connectivity index (χ0v) is 18.0. The molecule has 2 atom stereocenters. The van der Waals surface area contributed by atoms with Crippen molar-refractivity contribution in [1.82, 2.24) is 39.5 Å². The van der Waals surface area contributed by atoms with Crippen molar-refractivity contribution in [2.24, 2.45) is 0 Å². The predicted octanol–water partition coefficient (Wildman–Crippen LogP) is 0.754. The largest absolute Gasteiger partial charge is 0.391 e. The Balaban J connectivity index is 1.75. The van der Waals surface area contributed by atoms with Gasteiger partial charge in [0.15, 0.2) is 5.60 Å². The Morgan fingerprint density at radius 3 is 2.51 bits per heavy atom. The van der Waals surface area contributed by atoms with Crippen molar-refractivity contribution in [3.8, 4) is 5.69 Å². The van der Waals surface area contributed by atoms with Crippen molar-refractivity contribution in [1.29, 1.82) is 0 Å². The molecule has 0 aliphatic carbocycles. The van der Waals surface area contributed by atoms with Crippen molar-refractivity contribution in [3.05, 3.63) is 82.6 Å². The Hall–Kier alpha value is -3.98. The minimum atomic E-state index is -4.24. The summed E-state index contributed by atoms with van der Waals surface area (Å²) in [6.07, 6.45) is 2.16. The maximum absolute atomic E-state index is 15.8. The van der Waals surface area contributed by atoms with Crippen LogP contribution in [0.3, 0.4) is 0 Å². The number of halogens is 4. The van der Waals surface area contributed by atoms with Gasteiger partial charge >= 0.3 is 11.6 Å². The maximum atomic E-state index is 15.8. The first kappa shape index (κ1) is 24.2. The molecule has 2 unspecified atom stereocenters. The lowest BCUT2D eigenvalue weighted by Gasteiger charge is -2.35. The molecule has 3 aromatic heterocycles. The third kappa shape index (κ3) is 4.42. The number of nitrogens with zero attached hydrogens (tertiary/aromatic N) is 8. The number of aromatic nitrogens is 8. The van der Waals surface area contributed by atoms with E-state index in [9.17, 15) is 23.8 Å². The van der Waals surface area contributed by atoms with Crippen LogP contribution in [0.2, 0.25) is 0 Å². The molecule has 0 spiro atoms. The Bertz CT molecular complexity index is 1370. The molecule has 184 valence electrons. The molecular weight excluding hydrogens is 476 g/mol. The summed E-state index contributed by atoms with van der Waals surface area (Å²) in [5.74, 6) is -6.67. The van der Waals surface area contributed by atoms with Gasteiger partial charge in [-0.1, -0.05) is 0 Å². The number of alkyl halides is 2. The van der Waals surface area contributed by atoms with Gasteiger partial charge < -0.3 is 10.2 Å². The third-order valence-corrected chi connectivity index (χ3v) is 5.20. The standard InChI is InChI=1S/C20H18F4N8O3/c1-12(33)8-32-18(34)31(11-27-32)14-3-5-17(25-7-14)20(23,24)19(35,9-30-10-26-28-29-30)15-4-2-13(21)6-16(15)22/h2-7,10-12,33,35H,8-9H2,1H3. The molecular formula is C20H18F4N8O3. The van der Waals surface area contributed by atoms with Crippen LogP contribution in [0.1, 0.15) is 18.2 Å². The minimum absolute atomic E-state index is 0.0726. The van der Waals surface area contributed by atoms with Gasteiger partial charge in [-0.2, -0.15) is 13.9 Å². The monoisotopic (exact) mass is 494 g/mol. The zero-order valence-electron chi connectivity index (χ0n) is 18.0. The first-order valence-electron chi connectivity index (χ1n) is 10.1. The molecule has 0 fully saturated rings. The van der Waals surface area contributed by atoms with Gasteiger partial charge in [0.05, 0.1) is 31.1 Å². The van der Waals surface area contributed by atoms with Crippen molar-refractivity contribution in [2.75, 3.05) is 0 Å². The molecule has 0 saturated heterocycles. The molecule has 0 amide bonds. The fraction of sp³-hybridized carbons (Fsp3) is 0.300. The fourth-order valence-corrected chi connectivity index (χ4v) is 3.48. The summed E-state index contributed by atoms with van der Waals surface area (Å²) in [7, 11) is 0. The van der Waals surface area contributed by atoms with E-state index in [1.807, 2.05) is 0 Å². The van der Waals surface area contributed by atoms with Gasteiger partial charge in [0.1, 0.15) is 30.0 Å². The number of pyridine rings is 1. The number of aliphatic hydroxyl groups is 2. The van der Waals surface area contributed by atoms with E-state index in [0.29, 0.717) is 12.1 Å². The van der Waals surface area contributed by atoms with E-state index in [4.69, 9.17) is 0 Å². The van der Waals surface area contributed by atoms with Crippen LogP contribution in [-0.4, -0.2) is 55.9 Å². The van der Waals surface area contributed by atoms with Gasteiger partial charge in [-0.3, -0.25) is 4.98 Å². The first-order chi connectivity index (χ1) is 16.5. The van der Waals surface area contributed by atoms with Crippen LogP contribution in [0, 0.1) is 11.6 Å². The van der Waals surface area contributed by atoms with Gasteiger partial charge in [-0.05, 0) is 41.6 Å². The second kappa shape index (κ2) is 8.99. The van der Waals surface area contributed by atoms with Crippen molar-refractivity contribution < 1.29 is 27.8 Å². The molecule has 2 N–H and O–H groups in total. The van der Waals surface area contributed by atoms with Crippen molar-refractivity contribution >= 4 is 0 Å². The topological polar surface area (TPSA) is 137 Å².